The Kier molecular flexibility index (Phi) is 0.910. The largest absolute Gasteiger partial charge is 0.418 e. The van der Waals surface area contributed by atoms with Crippen LogP contribution in [0.4, 0.5) is 18.9 Å². The maximum atomic E-state index is 12.6. The molecule has 0 saturated carbocycles. The molecule has 12 heavy (non-hydrogen) atoms. The number of nitrogens with two attached hydrogens (primary N) is 1. The fourth-order valence-electron chi connectivity index (χ4n) is 0.599. The molecule has 2 N–H and O–H groups in total. The first-order valence-electron chi connectivity index (χ1n) is 5.30. The van der Waals surface area contributed by atoms with Gasteiger partial charge in [0.25, 0.3) is 0 Å². The number of aromatic nitrogens is 1. The molecule has 66 valence electrons. The molecule has 1 aromatic heterocycles. The smallest absolute Gasteiger partial charge is 0.397 e. The molecule has 1 aromatic rings. The number of anilines is 1. The molecule has 0 atom stereocenters. The SMILES string of the molecule is [2H]c1nc(C([2H])([2H])[2H])c(C(F)(F)F)c([2H])c1N. The first-order chi connectivity index (χ1) is 7.46. The maximum absolute atomic E-state index is 12.6. The fourth-order valence-corrected chi connectivity index (χ4v) is 0.599. The van der Waals surface area contributed by atoms with Crippen LogP contribution in [0.5, 0.6) is 0 Å². The molecule has 0 amide bonds. The summed E-state index contributed by atoms with van der Waals surface area (Å²) in [5, 5.41) is 0. The van der Waals surface area contributed by atoms with Crippen molar-refractivity contribution >= 4 is 5.69 Å². The summed E-state index contributed by atoms with van der Waals surface area (Å²) in [6.07, 6.45) is -5.91. The number of nitrogen functional groups attached to an aromatic ring is 1. The van der Waals surface area contributed by atoms with Gasteiger partial charge < -0.3 is 5.73 Å². The van der Waals surface area contributed by atoms with Crippen LogP contribution in [0, 0.1) is 6.85 Å². The number of alkyl halides is 3. The zero-order valence-corrected chi connectivity index (χ0v) is 5.66. The summed E-state index contributed by atoms with van der Waals surface area (Å²) in [5.41, 5.74) is 1.23. The lowest BCUT2D eigenvalue weighted by atomic mass is 10.2. The molecule has 0 fully saturated rings. The third-order valence-electron chi connectivity index (χ3n) is 1.07. The van der Waals surface area contributed by atoms with Gasteiger partial charge in [-0.15, -0.1) is 0 Å². The topological polar surface area (TPSA) is 38.9 Å². The molecule has 2 nitrogen and oxygen atoms in total. The van der Waals surface area contributed by atoms with Crippen molar-refractivity contribution in [2.45, 2.75) is 13.0 Å². The van der Waals surface area contributed by atoms with Crippen molar-refractivity contribution < 1.29 is 20.0 Å². The first kappa shape index (κ1) is 4.11. The average Bonchev–Trinajstić information content (AvgIpc) is 2.09. The predicted molar refractivity (Wildman–Crippen MR) is 38.4 cm³/mol. The summed E-state index contributed by atoms with van der Waals surface area (Å²) >= 11 is 0. The Bertz CT molecular complexity index is 454. The Morgan fingerprint density at radius 3 is 2.83 bits per heavy atom. The highest BCUT2D eigenvalue weighted by atomic mass is 19.4. The molecule has 0 radical (unpaired) electrons. The van der Waals surface area contributed by atoms with Crippen molar-refractivity contribution in [1.29, 1.82) is 0 Å². The monoisotopic (exact) mass is 181 g/mol. The molecule has 5 heteroatoms. The molecule has 0 aliphatic rings. The van der Waals surface area contributed by atoms with E-state index in [4.69, 9.17) is 12.6 Å². The summed E-state index contributed by atoms with van der Waals surface area (Å²) < 4.78 is 72.9. The fraction of sp³-hybridized carbons (Fsp3) is 0.286. The van der Waals surface area contributed by atoms with Gasteiger partial charge in [-0.1, -0.05) is 0 Å². The van der Waals surface area contributed by atoms with Gasteiger partial charge in [-0.05, 0) is 12.9 Å². The Morgan fingerprint density at radius 1 is 1.67 bits per heavy atom. The molecule has 0 aliphatic carbocycles. The Morgan fingerprint density at radius 2 is 2.33 bits per heavy atom. The van der Waals surface area contributed by atoms with E-state index in [2.05, 4.69) is 4.98 Å². The highest BCUT2D eigenvalue weighted by Crippen LogP contribution is 2.31. The zero-order valence-electron chi connectivity index (χ0n) is 10.7. The van der Waals surface area contributed by atoms with Gasteiger partial charge >= 0.3 is 6.18 Å². The van der Waals surface area contributed by atoms with Crippen molar-refractivity contribution in [3.63, 3.8) is 0 Å². The number of aryl methyl sites for hydroxylation is 1. The summed E-state index contributed by atoms with van der Waals surface area (Å²) in [4.78, 5) is 3.01. The van der Waals surface area contributed by atoms with Gasteiger partial charge in [-0.25, -0.2) is 0 Å². The van der Waals surface area contributed by atoms with E-state index in [1.54, 1.807) is 0 Å². The van der Waals surface area contributed by atoms with E-state index in [1.165, 1.54) is 0 Å². The molecule has 0 bridgehead atoms. The van der Waals surface area contributed by atoms with E-state index < -0.39 is 42.2 Å². The lowest BCUT2D eigenvalue weighted by Crippen LogP contribution is -2.09. The van der Waals surface area contributed by atoms with E-state index in [0.29, 0.717) is 0 Å². The van der Waals surface area contributed by atoms with Crippen LogP contribution < -0.4 is 5.73 Å². The summed E-state index contributed by atoms with van der Waals surface area (Å²) in [6.45, 7) is -3.16. The number of hydrogen-bond acceptors (Lipinski definition) is 2. The van der Waals surface area contributed by atoms with Crippen molar-refractivity contribution in [3.05, 3.63) is 23.5 Å². The molecule has 0 aromatic carbocycles. The second-order valence-corrected chi connectivity index (χ2v) is 1.98. The summed E-state index contributed by atoms with van der Waals surface area (Å²) in [7, 11) is 0. The Hall–Kier alpha value is -1.26. The minimum atomic E-state index is -5.06. The highest BCUT2D eigenvalue weighted by Gasteiger charge is 2.32. The van der Waals surface area contributed by atoms with Gasteiger partial charge in [0.2, 0.25) is 0 Å². The van der Waals surface area contributed by atoms with Crippen LogP contribution >= 0.6 is 0 Å². The molecule has 1 heterocycles. The predicted octanol–water partition coefficient (Wildman–Crippen LogP) is 1.99. The van der Waals surface area contributed by atoms with Gasteiger partial charge in [0, 0.05) is 9.81 Å². The third kappa shape index (κ3) is 1.66. The normalized spacial score (nSPS) is 18.8. The van der Waals surface area contributed by atoms with E-state index in [1.807, 2.05) is 0 Å². The number of halogens is 3. The van der Waals surface area contributed by atoms with E-state index in [9.17, 15) is 13.2 Å². The summed E-state index contributed by atoms with van der Waals surface area (Å²) in [6, 6.07) is -1.23. The number of rotatable bonds is 0. The first-order valence-corrected chi connectivity index (χ1v) is 2.80. The number of hydrogen-bond donors (Lipinski definition) is 1. The highest BCUT2D eigenvalue weighted by molar-refractivity contribution is 5.40. The van der Waals surface area contributed by atoms with Gasteiger partial charge in [0.15, 0.2) is 0 Å². The number of pyridine rings is 1. The van der Waals surface area contributed by atoms with E-state index in [-0.39, 0.29) is 0 Å². The quantitative estimate of drug-likeness (QED) is 0.664. The third-order valence-corrected chi connectivity index (χ3v) is 1.07. The van der Waals surface area contributed by atoms with Crippen molar-refractivity contribution in [2.75, 3.05) is 5.73 Å². The molecule has 1 rings (SSSR count). The lowest BCUT2D eigenvalue weighted by Gasteiger charge is -2.09. The zero-order chi connectivity index (χ0) is 13.6. The second kappa shape index (κ2) is 2.66. The average molecular weight is 181 g/mol. The Labute approximate surface area is 74.2 Å². The van der Waals surface area contributed by atoms with Gasteiger partial charge in [-0.3, -0.25) is 4.98 Å². The molecule has 0 spiro atoms. The van der Waals surface area contributed by atoms with Gasteiger partial charge in [0.1, 0.15) is 0 Å². The lowest BCUT2D eigenvalue weighted by molar-refractivity contribution is -0.138. The van der Waals surface area contributed by atoms with Crippen molar-refractivity contribution in [2.24, 2.45) is 0 Å². The second-order valence-electron chi connectivity index (χ2n) is 1.98. The van der Waals surface area contributed by atoms with Gasteiger partial charge in [0.05, 0.1) is 20.2 Å². The van der Waals surface area contributed by atoms with Crippen LogP contribution in [0.3, 0.4) is 0 Å². The number of nitrogens with zero attached hydrogens (tertiary/aromatic N) is 1. The van der Waals surface area contributed by atoms with Crippen molar-refractivity contribution in [1.82, 2.24) is 4.98 Å². The van der Waals surface area contributed by atoms with Crippen LogP contribution in [0.2, 0.25) is 0 Å². The van der Waals surface area contributed by atoms with Crippen LogP contribution in [-0.4, -0.2) is 4.98 Å². The van der Waals surface area contributed by atoms with Crippen LogP contribution in [0.15, 0.2) is 12.2 Å². The molecular weight excluding hydrogens is 169 g/mol. The van der Waals surface area contributed by atoms with Crippen LogP contribution in [0.25, 0.3) is 0 Å². The maximum Gasteiger partial charge on any atom is 0.418 e. The summed E-state index contributed by atoms with van der Waals surface area (Å²) in [5.74, 6) is 0. The molecule has 0 unspecified atom stereocenters. The molecular formula is C7H7F3N2. The Balaban J connectivity index is 3.71. The molecule has 0 aliphatic heterocycles. The van der Waals surface area contributed by atoms with Gasteiger partial charge in [-0.2, -0.15) is 13.2 Å². The van der Waals surface area contributed by atoms with Crippen molar-refractivity contribution in [3.8, 4) is 0 Å². The minimum absolute atomic E-state index is 0.801. The van der Waals surface area contributed by atoms with Crippen LogP contribution in [-0.2, 0) is 6.18 Å². The minimum Gasteiger partial charge on any atom is -0.397 e. The van der Waals surface area contributed by atoms with E-state index in [0.717, 1.165) is 0 Å². The molecule has 0 saturated heterocycles. The van der Waals surface area contributed by atoms with Crippen LogP contribution in [0.1, 0.15) is 18.1 Å². The van der Waals surface area contributed by atoms with E-state index >= 15 is 0 Å². The standard InChI is InChI=1S/C7H7F3N2/c1-4-6(7(8,9)10)2-5(11)3-12-4/h2-3H,11H2,1H3/i1D3,2D,3D.